The Hall–Kier alpha value is -1.95. The zero-order chi connectivity index (χ0) is 19.2. The van der Waals surface area contributed by atoms with Crippen molar-refractivity contribution in [3.05, 3.63) is 29.8 Å². The molecule has 2 rings (SSSR count). The minimum atomic E-state index is -3.82. The lowest BCUT2D eigenvalue weighted by Gasteiger charge is -2.26. The molecule has 0 aliphatic carbocycles. The number of nitriles is 1. The maximum atomic E-state index is 12.9. The first-order valence-corrected chi connectivity index (χ1v) is 10.4. The number of amides is 1. The molecule has 0 saturated carbocycles. The third kappa shape index (κ3) is 5.04. The van der Waals surface area contributed by atoms with Gasteiger partial charge in [-0.05, 0) is 51.3 Å². The van der Waals surface area contributed by atoms with Gasteiger partial charge in [-0.15, -0.1) is 0 Å². The monoisotopic (exact) mass is 378 g/mol. The Morgan fingerprint density at radius 1 is 1.38 bits per heavy atom. The summed E-state index contributed by atoms with van der Waals surface area (Å²) in [5.74, 6) is -0.332. The predicted molar refractivity (Wildman–Crippen MR) is 98.5 cm³/mol. The fourth-order valence-corrected chi connectivity index (χ4v) is 4.29. The van der Waals surface area contributed by atoms with Crippen molar-refractivity contribution in [3.63, 3.8) is 0 Å². The topological polar surface area (TPSA) is 116 Å². The number of nitrogens with one attached hydrogen (secondary N) is 1. The van der Waals surface area contributed by atoms with Crippen molar-refractivity contribution in [1.29, 1.82) is 5.26 Å². The number of nitrogens with zero attached hydrogens (tertiary/aromatic N) is 2. The summed E-state index contributed by atoms with van der Waals surface area (Å²) in [7, 11) is -3.82. The number of likely N-dealkylation sites (tertiary alicyclic amines) is 1. The molecule has 0 radical (unpaired) electrons. The zero-order valence-electron chi connectivity index (χ0n) is 15.0. The minimum absolute atomic E-state index is 0.123. The van der Waals surface area contributed by atoms with E-state index in [2.05, 4.69) is 10.8 Å². The lowest BCUT2D eigenvalue weighted by Crippen LogP contribution is -2.49. The molecule has 1 aliphatic rings. The zero-order valence-corrected chi connectivity index (χ0v) is 15.8. The maximum absolute atomic E-state index is 12.9. The van der Waals surface area contributed by atoms with Gasteiger partial charge in [-0.2, -0.15) is 9.98 Å². The molecule has 1 aliphatic heterocycles. The average molecular weight is 378 g/mol. The fraction of sp³-hybridized carbons (Fsp3) is 0.556. The van der Waals surface area contributed by atoms with E-state index in [9.17, 15) is 18.5 Å². The number of sulfonamides is 1. The molecule has 0 unspecified atom stereocenters. The first-order chi connectivity index (χ1) is 12.4. The van der Waals surface area contributed by atoms with Gasteiger partial charge in [-0.25, -0.2) is 8.42 Å². The van der Waals surface area contributed by atoms with Crippen LogP contribution in [0.15, 0.2) is 29.2 Å². The smallest absolute Gasteiger partial charge is 0.241 e. The molecular formula is C18H26N4O3S. The second kappa shape index (κ2) is 9.12. The Balaban J connectivity index is 2.19. The number of hydrogen-bond acceptors (Lipinski definition) is 5. The Kier molecular flexibility index (Phi) is 7.14. The molecule has 3 N–H and O–H groups in total. The summed E-state index contributed by atoms with van der Waals surface area (Å²) >= 11 is 0. The minimum Gasteiger partial charge on any atom is -0.330 e. The highest BCUT2D eigenvalue weighted by atomic mass is 32.2. The summed E-state index contributed by atoms with van der Waals surface area (Å²) in [5, 5.41) is 9.22. The molecule has 1 fully saturated rings. The normalized spacial score (nSPS) is 18.5. The maximum Gasteiger partial charge on any atom is 0.241 e. The number of hydrogen-bond donors (Lipinski definition) is 2. The van der Waals surface area contributed by atoms with Crippen molar-refractivity contribution >= 4 is 15.9 Å². The third-order valence-electron chi connectivity index (χ3n) is 4.56. The van der Waals surface area contributed by atoms with Crippen LogP contribution in [0, 0.1) is 18.3 Å². The second-order valence-corrected chi connectivity index (χ2v) is 8.30. The van der Waals surface area contributed by atoms with E-state index in [1.807, 2.05) is 6.92 Å². The Morgan fingerprint density at radius 2 is 2.08 bits per heavy atom. The molecule has 1 heterocycles. The molecule has 26 heavy (non-hydrogen) atoms. The van der Waals surface area contributed by atoms with E-state index in [1.54, 1.807) is 12.1 Å². The van der Waals surface area contributed by atoms with E-state index in [0.29, 0.717) is 38.8 Å². The van der Waals surface area contributed by atoms with Gasteiger partial charge < -0.3 is 10.6 Å². The Labute approximate surface area is 155 Å². The number of carbonyl (C=O) groups excluding carboxylic acids is 1. The molecule has 2 atom stereocenters. The van der Waals surface area contributed by atoms with Crippen LogP contribution in [0.25, 0.3) is 0 Å². The van der Waals surface area contributed by atoms with Crippen LogP contribution in [0.2, 0.25) is 0 Å². The number of nitrogens with two attached hydrogens (primary N) is 1. The summed E-state index contributed by atoms with van der Waals surface area (Å²) in [6.07, 6.45) is 3.08. The van der Waals surface area contributed by atoms with Gasteiger partial charge in [0.2, 0.25) is 15.9 Å². The van der Waals surface area contributed by atoms with Gasteiger partial charge in [0.15, 0.2) is 0 Å². The van der Waals surface area contributed by atoms with Crippen LogP contribution in [0.1, 0.15) is 37.7 Å². The number of carbonyl (C=O) groups is 1. The molecule has 1 aromatic rings. The van der Waals surface area contributed by atoms with E-state index in [-0.39, 0.29) is 10.8 Å². The molecule has 1 saturated heterocycles. The third-order valence-corrected chi connectivity index (χ3v) is 6.05. The first-order valence-electron chi connectivity index (χ1n) is 8.88. The van der Waals surface area contributed by atoms with Crippen molar-refractivity contribution in [2.75, 3.05) is 13.1 Å². The molecule has 0 spiro atoms. The summed E-state index contributed by atoms with van der Waals surface area (Å²) in [5.41, 5.74) is 6.46. The van der Waals surface area contributed by atoms with Crippen molar-refractivity contribution in [2.24, 2.45) is 5.73 Å². The number of rotatable bonds is 8. The molecule has 7 nitrogen and oxygen atoms in total. The standard InChI is InChI=1S/C18H26N4O3S/c1-14-7-9-16(10-8-14)26(24,25)21-17(6-2-3-11-19)18(23)22-12-4-5-15(22)13-20/h7-10,15,17,21H,2-6,11-12,19H2,1H3/t15-,17-/m0/s1. The van der Waals surface area contributed by atoms with E-state index < -0.39 is 22.1 Å². The van der Waals surface area contributed by atoms with Crippen LogP contribution in [-0.4, -0.2) is 44.4 Å². The van der Waals surface area contributed by atoms with E-state index in [0.717, 1.165) is 12.0 Å². The number of unbranched alkanes of at least 4 members (excludes halogenated alkanes) is 1. The highest BCUT2D eigenvalue weighted by Crippen LogP contribution is 2.20. The van der Waals surface area contributed by atoms with Crippen LogP contribution >= 0.6 is 0 Å². The summed E-state index contributed by atoms with van der Waals surface area (Å²) in [4.78, 5) is 14.5. The van der Waals surface area contributed by atoms with Crippen molar-refractivity contribution < 1.29 is 13.2 Å². The van der Waals surface area contributed by atoms with Crippen molar-refractivity contribution in [1.82, 2.24) is 9.62 Å². The largest absolute Gasteiger partial charge is 0.330 e. The SMILES string of the molecule is Cc1ccc(S(=O)(=O)N[C@@H](CCCCN)C(=O)N2CCC[C@H]2C#N)cc1. The van der Waals surface area contributed by atoms with Gasteiger partial charge in [0.05, 0.1) is 11.0 Å². The van der Waals surface area contributed by atoms with E-state index in [1.165, 1.54) is 17.0 Å². The van der Waals surface area contributed by atoms with Crippen LogP contribution in [-0.2, 0) is 14.8 Å². The number of benzene rings is 1. The lowest BCUT2D eigenvalue weighted by molar-refractivity contribution is -0.133. The second-order valence-electron chi connectivity index (χ2n) is 6.59. The molecule has 142 valence electrons. The Bertz CT molecular complexity index is 756. The summed E-state index contributed by atoms with van der Waals surface area (Å²) in [6.45, 7) is 2.84. The van der Waals surface area contributed by atoms with Gasteiger partial charge in [-0.3, -0.25) is 4.79 Å². The van der Waals surface area contributed by atoms with E-state index in [4.69, 9.17) is 5.73 Å². The summed E-state index contributed by atoms with van der Waals surface area (Å²) < 4.78 is 27.9. The van der Waals surface area contributed by atoms with Gasteiger partial charge in [-0.1, -0.05) is 24.1 Å². The van der Waals surface area contributed by atoms with Crippen molar-refractivity contribution in [2.45, 2.75) is 56.0 Å². The number of aryl methyl sites for hydroxylation is 1. The van der Waals surface area contributed by atoms with Crippen LogP contribution < -0.4 is 10.5 Å². The van der Waals surface area contributed by atoms with Gasteiger partial charge in [0.1, 0.15) is 12.1 Å². The highest BCUT2D eigenvalue weighted by molar-refractivity contribution is 7.89. The predicted octanol–water partition coefficient (Wildman–Crippen LogP) is 1.29. The molecule has 1 aromatic carbocycles. The molecule has 0 aromatic heterocycles. The molecular weight excluding hydrogens is 352 g/mol. The lowest BCUT2D eigenvalue weighted by atomic mass is 10.1. The Morgan fingerprint density at radius 3 is 2.69 bits per heavy atom. The quantitative estimate of drug-likeness (QED) is 0.661. The van der Waals surface area contributed by atoms with Crippen LogP contribution in [0.4, 0.5) is 0 Å². The summed E-state index contributed by atoms with van der Waals surface area (Å²) in [6, 6.07) is 7.23. The first kappa shape index (κ1) is 20.4. The van der Waals surface area contributed by atoms with Crippen LogP contribution in [0.3, 0.4) is 0 Å². The van der Waals surface area contributed by atoms with Gasteiger partial charge in [0.25, 0.3) is 0 Å². The highest BCUT2D eigenvalue weighted by Gasteiger charge is 2.35. The van der Waals surface area contributed by atoms with Crippen LogP contribution in [0.5, 0.6) is 0 Å². The van der Waals surface area contributed by atoms with Gasteiger partial charge >= 0.3 is 0 Å². The molecule has 1 amide bonds. The van der Waals surface area contributed by atoms with E-state index >= 15 is 0 Å². The van der Waals surface area contributed by atoms with Crippen molar-refractivity contribution in [3.8, 4) is 6.07 Å². The molecule has 8 heteroatoms. The van der Waals surface area contributed by atoms with Gasteiger partial charge in [0, 0.05) is 6.54 Å². The fourth-order valence-electron chi connectivity index (χ4n) is 3.06. The average Bonchev–Trinajstić information content (AvgIpc) is 3.09. The molecule has 0 bridgehead atoms.